The van der Waals surface area contributed by atoms with Crippen molar-refractivity contribution in [1.29, 1.82) is 0 Å². The molecule has 0 aliphatic carbocycles. The third kappa shape index (κ3) is 4.00. The number of nitrogens with two attached hydrogens (primary N) is 1. The minimum absolute atomic E-state index is 0.0421. The summed E-state index contributed by atoms with van der Waals surface area (Å²) in [7, 11) is 0. The molecular weight excluding hydrogens is 403 g/mol. The minimum atomic E-state index is -4.55. The highest BCUT2D eigenvalue weighted by Crippen LogP contribution is 2.42. The van der Waals surface area contributed by atoms with Crippen LogP contribution in [0.15, 0.2) is 34.4 Å². The van der Waals surface area contributed by atoms with E-state index in [0.717, 1.165) is 56.9 Å². The summed E-state index contributed by atoms with van der Waals surface area (Å²) < 4.78 is 45.5. The van der Waals surface area contributed by atoms with Gasteiger partial charge >= 0.3 is 6.18 Å². The number of nitrogen functional groups attached to an aromatic ring is 1. The zero-order valence-electron chi connectivity index (χ0n) is 15.9. The molecule has 2 N–H and O–H groups in total. The predicted molar refractivity (Wildman–Crippen MR) is 104 cm³/mol. The van der Waals surface area contributed by atoms with Crippen molar-refractivity contribution in [1.82, 2.24) is 15.0 Å². The first-order valence-electron chi connectivity index (χ1n) is 9.50. The minimum Gasteiger partial charge on any atom is -0.381 e. The molecule has 0 saturated carbocycles. The van der Waals surface area contributed by atoms with Gasteiger partial charge in [-0.1, -0.05) is 18.7 Å². The molecule has 4 heterocycles. The molecule has 1 atom stereocenters. The first-order valence-corrected chi connectivity index (χ1v) is 10.3. The van der Waals surface area contributed by atoms with E-state index in [1.165, 1.54) is 12.1 Å². The van der Waals surface area contributed by atoms with Crippen LogP contribution >= 0.6 is 11.8 Å². The van der Waals surface area contributed by atoms with Gasteiger partial charge in [-0.3, -0.25) is 4.98 Å². The van der Waals surface area contributed by atoms with E-state index in [1.807, 2.05) is 0 Å². The van der Waals surface area contributed by atoms with Crippen LogP contribution in [0.4, 0.5) is 24.8 Å². The van der Waals surface area contributed by atoms with Crippen molar-refractivity contribution in [2.75, 3.05) is 30.3 Å². The van der Waals surface area contributed by atoms with Crippen molar-refractivity contribution in [3.8, 4) is 0 Å². The molecular formula is C19H22F3N5OS. The van der Waals surface area contributed by atoms with E-state index in [-0.39, 0.29) is 21.3 Å². The Morgan fingerprint density at radius 1 is 1.28 bits per heavy atom. The second-order valence-corrected chi connectivity index (χ2v) is 8.49. The van der Waals surface area contributed by atoms with Gasteiger partial charge in [-0.2, -0.15) is 13.2 Å². The molecule has 0 unspecified atom stereocenters. The molecule has 2 saturated heterocycles. The maximum atomic E-state index is 13.2. The lowest BCUT2D eigenvalue weighted by Crippen LogP contribution is -2.47. The number of hydrogen-bond acceptors (Lipinski definition) is 7. The molecule has 2 fully saturated rings. The topological polar surface area (TPSA) is 77.2 Å². The summed E-state index contributed by atoms with van der Waals surface area (Å²) in [5.74, 6) is 1.28. The van der Waals surface area contributed by atoms with Crippen LogP contribution in [0.2, 0.25) is 0 Å². The van der Waals surface area contributed by atoms with Crippen LogP contribution in [0.5, 0.6) is 0 Å². The summed E-state index contributed by atoms with van der Waals surface area (Å²) in [5.41, 5.74) is 5.03. The number of nitrogens with zero attached hydrogens (tertiary/aromatic N) is 4. The van der Waals surface area contributed by atoms with Gasteiger partial charge in [0.05, 0.1) is 11.8 Å². The average Bonchev–Trinajstić information content (AvgIpc) is 3.03. The second-order valence-electron chi connectivity index (χ2n) is 7.46. The molecule has 0 radical (unpaired) electrons. The summed E-state index contributed by atoms with van der Waals surface area (Å²) in [4.78, 5) is 14.2. The Balaban J connectivity index is 1.48. The van der Waals surface area contributed by atoms with Crippen molar-refractivity contribution >= 4 is 23.4 Å². The molecule has 6 nitrogen and oxygen atoms in total. The maximum Gasteiger partial charge on any atom is 0.434 e. The van der Waals surface area contributed by atoms with Crippen LogP contribution in [-0.2, 0) is 10.9 Å². The van der Waals surface area contributed by atoms with Gasteiger partial charge in [-0.05, 0) is 37.3 Å². The summed E-state index contributed by atoms with van der Waals surface area (Å²) in [6.45, 7) is 4.62. The summed E-state index contributed by atoms with van der Waals surface area (Å²) >= 11 is 0.819. The zero-order valence-corrected chi connectivity index (χ0v) is 16.8. The van der Waals surface area contributed by atoms with Gasteiger partial charge in [0.15, 0.2) is 11.5 Å². The van der Waals surface area contributed by atoms with Gasteiger partial charge in [0, 0.05) is 30.8 Å². The van der Waals surface area contributed by atoms with E-state index < -0.39 is 11.9 Å². The van der Waals surface area contributed by atoms with Crippen LogP contribution < -0.4 is 10.6 Å². The molecule has 0 amide bonds. The van der Waals surface area contributed by atoms with Gasteiger partial charge in [0.2, 0.25) is 0 Å². The van der Waals surface area contributed by atoms with Crippen molar-refractivity contribution < 1.29 is 17.9 Å². The Hall–Kier alpha value is -2.07. The maximum absolute atomic E-state index is 13.2. The predicted octanol–water partition coefficient (Wildman–Crippen LogP) is 4.02. The number of pyridine rings is 1. The van der Waals surface area contributed by atoms with E-state index >= 15 is 0 Å². The fraction of sp³-hybridized carbons (Fsp3) is 0.526. The second kappa shape index (κ2) is 7.64. The molecule has 2 aliphatic rings. The highest BCUT2D eigenvalue weighted by atomic mass is 32.2. The lowest BCUT2D eigenvalue weighted by atomic mass is 9.81. The first kappa shape index (κ1) is 20.2. The normalized spacial score (nSPS) is 21.7. The van der Waals surface area contributed by atoms with Crippen LogP contribution in [0.3, 0.4) is 0 Å². The molecule has 2 aromatic heterocycles. The largest absolute Gasteiger partial charge is 0.434 e. The fourth-order valence-corrected chi connectivity index (χ4v) is 4.87. The fourth-order valence-electron chi connectivity index (χ4n) is 4.00. The van der Waals surface area contributed by atoms with Gasteiger partial charge in [0.1, 0.15) is 10.8 Å². The zero-order chi connectivity index (χ0) is 20.6. The van der Waals surface area contributed by atoms with E-state index in [0.29, 0.717) is 11.7 Å². The number of halogens is 3. The molecule has 156 valence electrons. The highest BCUT2D eigenvalue weighted by Gasteiger charge is 2.44. The molecule has 2 aliphatic heterocycles. The van der Waals surface area contributed by atoms with Gasteiger partial charge in [-0.25, -0.2) is 9.97 Å². The molecule has 2 aromatic rings. The van der Waals surface area contributed by atoms with Crippen molar-refractivity contribution in [2.45, 2.75) is 47.9 Å². The third-order valence-electron chi connectivity index (χ3n) is 5.77. The van der Waals surface area contributed by atoms with Gasteiger partial charge < -0.3 is 15.4 Å². The third-order valence-corrected chi connectivity index (χ3v) is 6.83. The number of rotatable bonds is 3. The average molecular weight is 425 g/mol. The Morgan fingerprint density at radius 2 is 2.03 bits per heavy atom. The van der Waals surface area contributed by atoms with Crippen molar-refractivity contribution in [2.24, 2.45) is 5.92 Å². The summed E-state index contributed by atoms with van der Waals surface area (Å²) in [5, 5.41) is 0.230. The Labute approximate surface area is 171 Å². The molecule has 10 heteroatoms. The highest BCUT2D eigenvalue weighted by molar-refractivity contribution is 7.99. The number of alkyl halides is 3. The molecule has 29 heavy (non-hydrogen) atoms. The first-order chi connectivity index (χ1) is 13.8. The number of piperidine rings is 1. The molecule has 0 aromatic carbocycles. The van der Waals surface area contributed by atoms with Gasteiger partial charge in [0.25, 0.3) is 0 Å². The van der Waals surface area contributed by atoms with Crippen LogP contribution in [0.25, 0.3) is 0 Å². The standard InChI is InChI=1S/C19H22F3N5OS/c1-12-4-10-28-18(12)5-8-27(9-6-18)14-11-25-17(16(23)26-14)29-13-3-2-7-24-15(13)19(20,21)22/h2-3,7,11-12H,4-6,8-10H2,1H3,(H2,23,26)/t12-/m0/s1. The molecule has 1 spiro atoms. The lowest BCUT2D eigenvalue weighted by molar-refractivity contribution is -0.143. The number of ether oxygens (including phenoxy) is 1. The molecule has 4 rings (SSSR count). The van der Waals surface area contributed by atoms with E-state index in [1.54, 1.807) is 6.20 Å². The smallest absolute Gasteiger partial charge is 0.381 e. The van der Waals surface area contributed by atoms with Crippen molar-refractivity contribution in [3.63, 3.8) is 0 Å². The quantitative estimate of drug-likeness (QED) is 0.796. The van der Waals surface area contributed by atoms with E-state index in [9.17, 15) is 13.2 Å². The molecule has 0 bridgehead atoms. The van der Waals surface area contributed by atoms with E-state index in [2.05, 4.69) is 26.8 Å². The van der Waals surface area contributed by atoms with Crippen LogP contribution in [0, 0.1) is 5.92 Å². The Kier molecular flexibility index (Phi) is 5.32. The Bertz CT molecular complexity index is 886. The summed E-state index contributed by atoms with van der Waals surface area (Å²) in [6.07, 6.45) is 1.05. The van der Waals surface area contributed by atoms with Crippen molar-refractivity contribution in [3.05, 3.63) is 30.2 Å². The monoisotopic (exact) mass is 425 g/mol. The van der Waals surface area contributed by atoms with Gasteiger partial charge in [-0.15, -0.1) is 0 Å². The van der Waals surface area contributed by atoms with E-state index in [4.69, 9.17) is 10.5 Å². The van der Waals surface area contributed by atoms with Crippen LogP contribution in [-0.4, -0.2) is 40.2 Å². The number of hydrogen-bond donors (Lipinski definition) is 1. The SMILES string of the molecule is C[C@H]1CCOC12CCN(c1cnc(Sc3cccnc3C(F)(F)F)c(N)n1)CC2. The number of anilines is 2. The number of aromatic nitrogens is 3. The summed E-state index contributed by atoms with van der Waals surface area (Å²) in [6, 6.07) is 2.80. The Morgan fingerprint density at radius 3 is 2.66 bits per heavy atom. The van der Waals surface area contributed by atoms with Crippen LogP contribution in [0.1, 0.15) is 31.9 Å². The lowest BCUT2D eigenvalue weighted by Gasteiger charge is -2.41.